The molecule has 0 atom stereocenters. The van der Waals surface area contributed by atoms with Crippen LogP contribution in [-0.4, -0.2) is 23.3 Å². The smallest absolute Gasteiger partial charge is 0.319 e. The fourth-order valence-electron chi connectivity index (χ4n) is 1.22. The van der Waals surface area contributed by atoms with Gasteiger partial charge in [0, 0.05) is 6.20 Å². The molecule has 0 saturated heterocycles. The SMILES string of the molecule is C/C(=C\NC(=O)NC(C)(C)CO)C1CC1. The van der Waals surface area contributed by atoms with Crippen molar-refractivity contribution >= 4 is 6.03 Å². The molecule has 2 amide bonds. The Labute approximate surface area is 90.7 Å². The number of aliphatic hydroxyl groups is 1. The first-order valence-corrected chi connectivity index (χ1v) is 5.31. The van der Waals surface area contributed by atoms with E-state index in [1.165, 1.54) is 18.4 Å². The second-order valence-electron chi connectivity index (χ2n) is 4.80. The number of nitrogens with one attached hydrogen (secondary N) is 2. The lowest BCUT2D eigenvalue weighted by molar-refractivity contribution is 0.183. The number of amides is 2. The lowest BCUT2D eigenvalue weighted by Gasteiger charge is -2.23. The summed E-state index contributed by atoms with van der Waals surface area (Å²) in [7, 11) is 0. The van der Waals surface area contributed by atoms with Crippen LogP contribution in [0.4, 0.5) is 4.79 Å². The van der Waals surface area contributed by atoms with Gasteiger partial charge in [-0.1, -0.05) is 5.57 Å². The van der Waals surface area contributed by atoms with Crippen molar-refractivity contribution in [2.75, 3.05) is 6.61 Å². The second-order valence-corrected chi connectivity index (χ2v) is 4.80. The molecular formula is C11H20N2O2. The van der Waals surface area contributed by atoms with Crippen molar-refractivity contribution in [3.63, 3.8) is 0 Å². The molecule has 0 aromatic heterocycles. The zero-order valence-corrected chi connectivity index (χ0v) is 9.63. The zero-order chi connectivity index (χ0) is 11.5. The molecule has 1 fully saturated rings. The zero-order valence-electron chi connectivity index (χ0n) is 9.63. The molecule has 1 aliphatic rings. The second kappa shape index (κ2) is 4.66. The van der Waals surface area contributed by atoms with Gasteiger partial charge in [0.15, 0.2) is 0 Å². The van der Waals surface area contributed by atoms with E-state index >= 15 is 0 Å². The van der Waals surface area contributed by atoms with E-state index in [0.29, 0.717) is 5.92 Å². The number of hydrogen-bond donors (Lipinski definition) is 3. The molecule has 0 bridgehead atoms. The number of allylic oxidation sites excluding steroid dienone is 1. The first-order valence-electron chi connectivity index (χ1n) is 5.31. The van der Waals surface area contributed by atoms with Crippen molar-refractivity contribution in [3.05, 3.63) is 11.8 Å². The predicted octanol–water partition coefficient (Wildman–Crippen LogP) is 1.37. The van der Waals surface area contributed by atoms with Gasteiger partial charge in [-0.3, -0.25) is 0 Å². The summed E-state index contributed by atoms with van der Waals surface area (Å²) in [6.07, 6.45) is 4.21. The highest BCUT2D eigenvalue weighted by atomic mass is 16.3. The largest absolute Gasteiger partial charge is 0.394 e. The summed E-state index contributed by atoms with van der Waals surface area (Å²) in [5.41, 5.74) is 0.637. The molecule has 0 unspecified atom stereocenters. The summed E-state index contributed by atoms with van der Waals surface area (Å²) in [4.78, 5) is 11.4. The highest BCUT2D eigenvalue weighted by molar-refractivity contribution is 5.75. The molecule has 0 aliphatic heterocycles. The van der Waals surface area contributed by atoms with Gasteiger partial charge >= 0.3 is 6.03 Å². The Balaban J connectivity index is 2.32. The van der Waals surface area contributed by atoms with E-state index < -0.39 is 5.54 Å². The molecule has 1 rings (SSSR count). The summed E-state index contributed by atoms with van der Waals surface area (Å²) in [5, 5.41) is 14.3. The Morgan fingerprint density at radius 3 is 2.60 bits per heavy atom. The average Bonchev–Trinajstić information content (AvgIpc) is 2.96. The topological polar surface area (TPSA) is 61.4 Å². The van der Waals surface area contributed by atoms with Crippen molar-refractivity contribution in [1.29, 1.82) is 0 Å². The van der Waals surface area contributed by atoms with Crippen LogP contribution >= 0.6 is 0 Å². The molecule has 1 saturated carbocycles. The molecule has 0 radical (unpaired) electrons. The minimum absolute atomic E-state index is 0.0776. The van der Waals surface area contributed by atoms with E-state index in [0.717, 1.165) is 0 Å². The van der Waals surface area contributed by atoms with Crippen molar-refractivity contribution in [2.24, 2.45) is 5.92 Å². The van der Waals surface area contributed by atoms with Gasteiger partial charge in [0.25, 0.3) is 0 Å². The van der Waals surface area contributed by atoms with Crippen molar-refractivity contribution in [1.82, 2.24) is 10.6 Å². The maximum atomic E-state index is 11.4. The molecule has 1 aliphatic carbocycles. The predicted molar refractivity (Wildman–Crippen MR) is 59.3 cm³/mol. The molecule has 4 heteroatoms. The molecule has 0 aromatic rings. The Kier molecular flexibility index (Phi) is 3.74. The maximum absolute atomic E-state index is 11.4. The molecular weight excluding hydrogens is 192 g/mol. The van der Waals surface area contributed by atoms with Crippen LogP contribution in [0.2, 0.25) is 0 Å². The number of rotatable bonds is 4. The highest BCUT2D eigenvalue weighted by Gasteiger charge is 2.23. The average molecular weight is 212 g/mol. The normalized spacial score (nSPS) is 17.5. The van der Waals surface area contributed by atoms with Crippen LogP contribution in [0.3, 0.4) is 0 Å². The summed E-state index contributed by atoms with van der Waals surface area (Å²) in [5.74, 6) is 0.663. The third-order valence-electron chi connectivity index (χ3n) is 2.50. The number of hydrogen-bond acceptors (Lipinski definition) is 2. The van der Waals surface area contributed by atoms with Gasteiger partial charge in [-0.05, 0) is 39.5 Å². The molecule has 3 N–H and O–H groups in total. The van der Waals surface area contributed by atoms with Gasteiger partial charge in [-0.15, -0.1) is 0 Å². The summed E-state index contributed by atoms with van der Waals surface area (Å²) in [6, 6.07) is -0.269. The first-order chi connectivity index (χ1) is 6.94. The summed E-state index contributed by atoms with van der Waals surface area (Å²) >= 11 is 0. The van der Waals surface area contributed by atoms with Crippen LogP contribution in [-0.2, 0) is 0 Å². The minimum Gasteiger partial charge on any atom is -0.394 e. The Morgan fingerprint density at radius 2 is 2.13 bits per heavy atom. The molecule has 15 heavy (non-hydrogen) atoms. The van der Waals surface area contributed by atoms with Crippen LogP contribution in [0.25, 0.3) is 0 Å². The molecule has 0 heterocycles. The van der Waals surface area contributed by atoms with Crippen LogP contribution in [0, 0.1) is 5.92 Å². The quantitative estimate of drug-likeness (QED) is 0.659. The van der Waals surface area contributed by atoms with E-state index in [-0.39, 0.29) is 12.6 Å². The number of urea groups is 1. The van der Waals surface area contributed by atoms with Crippen LogP contribution in [0.1, 0.15) is 33.6 Å². The van der Waals surface area contributed by atoms with Crippen LogP contribution in [0.5, 0.6) is 0 Å². The van der Waals surface area contributed by atoms with Crippen LogP contribution < -0.4 is 10.6 Å². The van der Waals surface area contributed by atoms with Crippen molar-refractivity contribution in [2.45, 2.75) is 39.2 Å². The number of carbonyl (C=O) groups excluding carboxylic acids is 1. The maximum Gasteiger partial charge on any atom is 0.319 e. The standard InChI is InChI=1S/C11H20N2O2/c1-8(9-4-5-9)6-12-10(15)13-11(2,3)7-14/h6,9,14H,4-5,7H2,1-3H3,(H2,12,13,15)/b8-6+. The monoisotopic (exact) mass is 212 g/mol. The molecule has 4 nitrogen and oxygen atoms in total. The van der Waals surface area contributed by atoms with Crippen molar-refractivity contribution < 1.29 is 9.90 Å². The third kappa shape index (κ3) is 4.34. The van der Waals surface area contributed by atoms with E-state index in [1.807, 2.05) is 6.92 Å². The van der Waals surface area contributed by atoms with Crippen LogP contribution in [0.15, 0.2) is 11.8 Å². The Bertz CT molecular complexity index is 268. The number of carbonyl (C=O) groups is 1. The Hall–Kier alpha value is -1.03. The number of aliphatic hydroxyl groups excluding tert-OH is 1. The lowest BCUT2D eigenvalue weighted by Crippen LogP contribution is -2.49. The van der Waals surface area contributed by atoms with Gasteiger partial charge < -0.3 is 15.7 Å². The van der Waals surface area contributed by atoms with E-state index in [2.05, 4.69) is 10.6 Å². The van der Waals surface area contributed by atoms with E-state index in [1.54, 1.807) is 20.0 Å². The Morgan fingerprint density at radius 1 is 1.53 bits per heavy atom. The van der Waals surface area contributed by atoms with Crippen molar-refractivity contribution in [3.8, 4) is 0 Å². The minimum atomic E-state index is -0.578. The summed E-state index contributed by atoms with van der Waals surface area (Å²) in [6.45, 7) is 5.48. The molecule has 0 spiro atoms. The van der Waals surface area contributed by atoms with Gasteiger partial charge in [-0.25, -0.2) is 4.79 Å². The summed E-state index contributed by atoms with van der Waals surface area (Å²) < 4.78 is 0. The van der Waals surface area contributed by atoms with Gasteiger partial charge in [0.1, 0.15) is 0 Å². The third-order valence-corrected chi connectivity index (χ3v) is 2.50. The lowest BCUT2D eigenvalue weighted by atomic mass is 10.1. The van der Waals surface area contributed by atoms with Gasteiger partial charge in [0.05, 0.1) is 12.1 Å². The van der Waals surface area contributed by atoms with E-state index in [4.69, 9.17) is 5.11 Å². The van der Waals surface area contributed by atoms with Gasteiger partial charge in [0.2, 0.25) is 0 Å². The van der Waals surface area contributed by atoms with E-state index in [9.17, 15) is 4.79 Å². The fraction of sp³-hybridized carbons (Fsp3) is 0.727. The fourth-order valence-corrected chi connectivity index (χ4v) is 1.22. The molecule has 0 aromatic carbocycles. The highest BCUT2D eigenvalue weighted by Crippen LogP contribution is 2.35. The first kappa shape index (κ1) is 12.0. The van der Waals surface area contributed by atoms with Gasteiger partial charge in [-0.2, -0.15) is 0 Å². The molecule has 86 valence electrons.